The van der Waals surface area contributed by atoms with E-state index in [1.54, 1.807) is 0 Å². The molecule has 3 aliphatic rings. The Balaban J connectivity index is 1.55. The zero-order chi connectivity index (χ0) is 12.4. The summed E-state index contributed by atoms with van der Waals surface area (Å²) in [6.07, 6.45) is 9.59. The van der Waals surface area contributed by atoms with Gasteiger partial charge < -0.3 is 10.6 Å². The predicted octanol–water partition coefficient (Wildman–Crippen LogP) is 1.67. The molecule has 2 saturated heterocycles. The zero-order valence-corrected chi connectivity index (χ0v) is 11.7. The van der Waals surface area contributed by atoms with Gasteiger partial charge in [-0.1, -0.05) is 12.8 Å². The molecule has 0 aromatic heterocycles. The van der Waals surface area contributed by atoms with Crippen LogP contribution in [0.25, 0.3) is 0 Å². The highest BCUT2D eigenvalue weighted by Gasteiger charge is 2.31. The lowest BCUT2D eigenvalue weighted by Crippen LogP contribution is -2.44. The first-order valence-corrected chi connectivity index (χ1v) is 8.05. The topological polar surface area (TPSA) is 32.5 Å². The van der Waals surface area contributed by atoms with E-state index in [1.807, 2.05) is 0 Å². The standard InChI is InChI=1S/C15H29N3/c16-15-7-2-1-5-13(15)11-17-8-4-10-18-9-3-6-14(18)12-17/h13-15H,1-12,16H2. The summed E-state index contributed by atoms with van der Waals surface area (Å²) in [7, 11) is 0. The van der Waals surface area contributed by atoms with Crippen LogP contribution in [0.15, 0.2) is 0 Å². The fraction of sp³-hybridized carbons (Fsp3) is 1.00. The van der Waals surface area contributed by atoms with Gasteiger partial charge in [-0.3, -0.25) is 4.90 Å². The third-order valence-corrected chi connectivity index (χ3v) is 5.35. The summed E-state index contributed by atoms with van der Waals surface area (Å²) in [5.74, 6) is 0.770. The fourth-order valence-electron chi connectivity index (χ4n) is 4.24. The van der Waals surface area contributed by atoms with E-state index in [0.717, 1.165) is 12.0 Å². The van der Waals surface area contributed by atoms with Gasteiger partial charge in [-0.25, -0.2) is 0 Å². The SMILES string of the molecule is NC1CCCCC1CN1CCCN2CCCC2C1. The summed E-state index contributed by atoms with van der Waals surface area (Å²) >= 11 is 0. The maximum atomic E-state index is 6.30. The lowest BCUT2D eigenvalue weighted by atomic mass is 9.84. The van der Waals surface area contributed by atoms with Crippen LogP contribution in [-0.4, -0.2) is 54.6 Å². The number of nitrogens with zero attached hydrogens (tertiary/aromatic N) is 2. The molecule has 3 fully saturated rings. The van der Waals surface area contributed by atoms with E-state index in [2.05, 4.69) is 9.80 Å². The molecule has 0 radical (unpaired) electrons. The first-order chi connectivity index (χ1) is 8.83. The van der Waals surface area contributed by atoms with Crippen molar-refractivity contribution in [3.05, 3.63) is 0 Å². The zero-order valence-electron chi connectivity index (χ0n) is 11.7. The molecule has 2 N–H and O–H groups in total. The van der Waals surface area contributed by atoms with Gasteiger partial charge in [0.05, 0.1) is 0 Å². The third-order valence-electron chi connectivity index (χ3n) is 5.35. The highest BCUT2D eigenvalue weighted by molar-refractivity contribution is 4.87. The number of rotatable bonds is 2. The van der Waals surface area contributed by atoms with Gasteiger partial charge in [-0.2, -0.15) is 0 Å². The van der Waals surface area contributed by atoms with Gasteiger partial charge in [0.25, 0.3) is 0 Å². The van der Waals surface area contributed by atoms with Crippen LogP contribution in [0.4, 0.5) is 0 Å². The van der Waals surface area contributed by atoms with E-state index in [-0.39, 0.29) is 0 Å². The molecular weight excluding hydrogens is 222 g/mol. The minimum absolute atomic E-state index is 0.474. The molecule has 18 heavy (non-hydrogen) atoms. The van der Waals surface area contributed by atoms with Crippen molar-refractivity contribution in [2.45, 2.75) is 57.0 Å². The molecule has 0 aromatic rings. The van der Waals surface area contributed by atoms with Crippen molar-refractivity contribution in [3.63, 3.8) is 0 Å². The average Bonchev–Trinajstić information content (AvgIpc) is 2.71. The summed E-state index contributed by atoms with van der Waals surface area (Å²) in [5, 5.41) is 0. The van der Waals surface area contributed by atoms with Crippen molar-refractivity contribution in [1.29, 1.82) is 0 Å². The van der Waals surface area contributed by atoms with Gasteiger partial charge >= 0.3 is 0 Å². The highest BCUT2D eigenvalue weighted by Crippen LogP contribution is 2.26. The summed E-state index contributed by atoms with van der Waals surface area (Å²) < 4.78 is 0. The minimum atomic E-state index is 0.474. The van der Waals surface area contributed by atoms with E-state index in [9.17, 15) is 0 Å². The summed E-state index contributed by atoms with van der Waals surface area (Å²) in [6, 6.07) is 1.33. The second-order valence-corrected chi connectivity index (χ2v) is 6.65. The van der Waals surface area contributed by atoms with Crippen LogP contribution >= 0.6 is 0 Å². The Morgan fingerprint density at radius 2 is 1.72 bits per heavy atom. The molecule has 1 saturated carbocycles. The first-order valence-electron chi connectivity index (χ1n) is 8.05. The molecule has 3 rings (SSSR count). The summed E-state index contributed by atoms with van der Waals surface area (Å²) in [6.45, 7) is 6.56. The molecule has 0 spiro atoms. The molecule has 1 aliphatic carbocycles. The molecule has 3 atom stereocenters. The lowest BCUT2D eigenvalue weighted by Gasteiger charge is -2.34. The van der Waals surface area contributed by atoms with Crippen molar-refractivity contribution in [2.24, 2.45) is 11.7 Å². The highest BCUT2D eigenvalue weighted by atomic mass is 15.3. The quantitative estimate of drug-likeness (QED) is 0.810. The molecule has 3 heteroatoms. The third kappa shape index (κ3) is 2.89. The molecule has 104 valence electrons. The van der Waals surface area contributed by atoms with Gasteiger partial charge in [-0.05, 0) is 57.7 Å². The molecule has 3 nitrogen and oxygen atoms in total. The maximum absolute atomic E-state index is 6.30. The van der Waals surface area contributed by atoms with Crippen molar-refractivity contribution in [3.8, 4) is 0 Å². The molecule has 3 unspecified atom stereocenters. The van der Waals surface area contributed by atoms with Crippen LogP contribution in [0.2, 0.25) is 0 Å². The molecular formula is C15H29N3. The van der Waals surface area contributed by atoms with Crippen LogP contribution in [-0.2, 0) is 0 Å². The number of fused-ring (bicyclic) bond motifs is 1. The van der Waals surface area contributed by atoms with E-state index in [4.69, 9.17) is 5.73 Å². The Kier molecular flexibility index (Phi) is 4.22. The Morgan fingerprint density at radius 1 is 0.889 bits per heavy atom. The monoisotopic (exact) mass is 251 g/mol. The number of hydrogen-bond donors (Lipinski definition) is 1. The molecule has 2 aliphatic heterocycles. The average molecular weight is 251 g/mol. The predicted molar refractivity (Wildman–Crippen MR) is 75.6 cm³/mol. The minimum Gasteiger partial charge on any atom is -0.327 e. The second kappa shape index (κ2) is 5.89. The number of hydrogen-bond acceptors (Lipinski definition) is 3. The van der Waals surface area contributed by atoms with Crippen molar-refractivity contribution in [1.82, 2.24) is 9.80 Å². The van der Waals surface area contributed by atoms with Crippen LogP contribution in [0.3, 0.4) is 0 Å². The maximum Gasteiger partial charge on any atom is 0.0223 e. The van der Waals surface area contributed by atoms with E-state index >= 15 is 0 Å². The van der Waals surface area contributed by atoms with Gasteiger partial charge in [0.2, 0.25) is 0 Å². The van der Waals surface area contributed by atoms with Gasteiger partial charge in [-0.15, -0.1) is 0 Å². The smallest absolute Gasteiger partial charge is 0.0223 e. The van der Waals surface area contributed by atoms with Crippen molar-refractivity contribution >= 4 is 0 Å². The van der Waals surface area contributed by atoms with Gasteiger partial charge in [0.1, 0.15) is 0 Å². The van der Waals surface area contributed by atoms with E-state index < -0.39 is 0 Å². The Bertz CT molecular complexity index is 268. The molecule has 0 amide bonds. The largest absolute Gasteiger partial charge is 0.327 e. The molecule has 0 bridgehead atoms. The van der Waals surface area contributed by atoms with Gasteiger partial charge in [0, 0.05) is 25.2 Å². The molecule has 0 aromatic carbocycles. The summed E-state index contributed by atoms with van der Waals surface area (Å²) in [5.41, 5.74) is 6.30. The van der Waals surface area contributed by atoms with Crippen molar-refractivity contribution in [2.75, 3.05) is 32.7 Å². The lowest BCUT2D eigenvalue weighted by molar-refractivity contribution is 0.168. The summed E-state index contributed by atoms with van der Waals surface area (Å²) in [4.78, 5) is 5.45. The Hall–Kier alpha value is -0.120. The van der Waals surface area contributed by atoms with Crippen molar-refractivity contribution < 1.29 is 0 Å². The van der Waals surface area contributed by atoms with Crippen LogP contribution in [0, 0.1) is 5.92 Å². The Morgan fingerprint density at radius 3 is 2.61 bits per heavy atom. The van der Waals surface area contributed by atoms with E-state index in [0.29, 0.717) is 6.04 Å². The van der Waals surface area contributed by atoms with E-state index in [1.165, 1.54) is 77.7 Å². The fourth-order valence-corrected chi connectivity index (χ4v) is 4.24. The van der Waals surface area contributed by atoms with Crippen LogP contribution in [0.1, 0.15) is 44.9 Å². The first kappa shape index (κ1) is 12.9. The second-order valence-electron chi connectivity index (χ2n) is 6.65. The number of nitrogens with two attached hydrogens (primary N) is 1. The van der Waals surface area contributed by atoms with Gasteiger partial charge in [0.15, 0.2) is 0 Å². The normalized spacial score (nSPS) is 39.5. The van der Waals surface area contributed by atoms with Crippen LogP contribution < -0.4 is 5.73 Å². The van der Waals surface area contributed by atoms with Crippen LogP contribution in [0.5, 0.6) is 0 Å². The Labute approximate surface area is 112 Å². The molecule has 2 heterocycles.